The van der Waals surface area contributed by atoms with E-state index in [1.807, 2.05) is 60.7 Å². The number of hydrogen-bond acceptors (Lipinski definition) is 6. The van der Waals surface area contributed by atoms with E-state index in [4.69, 9.17) is 9.47 Å². The summed E-state index contributed by atoms with van der Waals surface area (Å²) >= 11 is 0. The van der Waals surface area contributed by atoms with Crippen LogP contribution in [0.1, 0.15) is 27.6 Å². The zero-order chi connectivity index (χ0) is 18.4. The molecule has 0 saturated heterocycles. The fourth-order valence-corrected chi connectivity index (χ4v) is 2.22. The molecular formula is C19H17N3O4. The first-order valence-electron chi connectivity index (χ1n) is 7.99. The smallest absolute Gasteiger partial charge is 0.436 e. The third kappa shape index (κ3) is 4.32. The second-order valence-electron chi connectivity index (χ2n) is 5.50. The molecule has 26 heavy (non-hydrogen) atoms. The van der Waals surface area contributed by atoms with Crippen LogP contribution in [0.4, 0.5) is 4.79 Å². The van der Waals surface area contributed by atoms with E-state index in [-0.39, 0.29) is 24.9 Å². The van der Waals surface area contributed by atoms with E-state index < -0.39 is 12.1 Å². The Morgan fingerprint density at radius 2 is 1.42 bits per heavy atom. The van der Waals surface area contributed by atoms with Crippen molar-refractivity contribution < 1.29 is 19.1 Å². The first-order valence-corrected chi connectivity index (χ1v) is 7.99. The lowest BCUT2D eigenvalue weighted by Crippen LogP contribution is -2.17. The largest absolute Gasteiger partial charge is 0.455 e. The van der Waals surface area contributed by atoms with Gasteiger partial charge in [-0.2, -0.15) is 0 Å². The van der Waals surface area contributed by atoms with Gasteiger partial charge in [-0.05, 0) is 18.1 Å². The maximum absolute atomic E-state index is 12.1. The minimum atomic E-state index is -0.707. The van der Waals surface area contributed by atoms with E-state index >= 15 is 0 Å². The van der Waals surface area contributed by atoms with E-state index in [9.17, 15) is 9.59 Å². The van der Waals surface area contributed by atoms with Crippen molar-refractivity contribution in [1.82, 2.24) is 14.8 Å². The van der Waals surface area contributed by atoms with Gasteiger partial charge < -0.3 is 9.47 Å². The van der Waals surface area contributed by atoms with Crippen molar-refractivity contribution in [1.29, 1.82) is 0 Å². The van der Waals surface area contributed by atoms with Crippen LogP contribution in [-0.4, -0.2) is 26.8 Å². The molecule has 0 amide bonds. The molecule has 3 aromatic rings. The number of carbonyl (C=O) groups excluding carboxylic acids is 2. The van der Waals surface area contributed by atoms with Gasteiger partial charge in [0.1, 0.15) is 19.0 Å². The monoisotopic (exact) mass is 351 g/mol. The second-order valence-corrected chi connectivity index (χ2v) is 5.50. The van der Waals surface area contributed by atoms with Crippen molar-refractivity contribution in [3.63, 3.8) is 0 Å². The van der Waals surface area contributed by atoms with Crippen molar-refractivity contribution in [2.24, 2.45) is 0 Å². The van der Waals surface area contributed by atoms with Gasteiger partial charge in [0.2, 0.25) is 0 Å². The van der Waals surface area contributed by atoms with Crippen molar-refractivity contribution in [2.45, 2.75) is 20.1 Å². The molecule has 0 aliphatic rings. The molecule has 3 rings (SSSR count). The second kappa shape index (κ2) is 8.06. The van der Waals surface area contributed by atoms with Crippen LogP contribution in [0.3, 0.4) is 0 Å². The first kappa shape index (κ1) is 17.3. The molecule has 0 fully saturated rings. The molecule has 0 atom stereocenters. The highest BCUT2D eigenvalue weighted by Crippen LogP contribution is 2.07. The molecule has 0 unspecified atom stereocenters. The number of aromatic nitrogens is 3. The standard InChI is InChI=1S/C19H17N3O4/c1-14-20-17(18(23)25-12-15-8-4-2-5-9-15)21-22(14)19(24)26-13-16-10-6-3-7-11-16/h2-11H,12-13H2,1H3. The molecule has 0 radical (unpaired) electrons. The van der Waals surface area contributed by atoms with Crippen LogP contribution in [0.5, 0.6) is 0 Å². The summed E-state index contributed by atoms with van der Waals surface area (Å²) in [7, 11) is 0. The Balaban J connectivity index is 1.60. The number of benzene rings is 2. The normalized spacial score (nSPS) is 10.3. The zero-order valence-corrected chi connectivity index (χ0v) is 14.2. The summed E-state index contributed by atoms with van der Waals surface area (Å²) in [5.74, 6) is -0.642. The number of ether oxygens (including phenoxy) is 2. The quantitative estimate of drug-likeness (QED) is 0.657. The van der Waals surface area contributed by atoms with E-state index in [1.165, 1.54) is 0 Å². The maximum Gasteiger partial charge on any atom is 0.436 e. The summed E-state index contributed by atoms with van der Waals surface area (Å²) in [5, 5.41) is 3.89. The topological polar surface area (TPSA) is 83.3 Å². The Labute approximate surface area is 150 Å². The minimum absolute atomic E-state index is 0.103. The van der Waals surface area contributed by atoms with E-state index in [1.54, 1.807) is 6.92 Å². The van der Waals surface area contributed by atoms with Crippen LogP contribution in [0.25, 0.3) is 0 Å². The van der Waals surface area contributed by atoms with Gasteiger partial charge in [-0.1, -0.05) is 60.7 Å². The third-order valence-corrected chi connectivity index (χ3v) is 3.54. The highest BCUT2D eigenvalue weighted by atomic mass is 16.6. The van der Waals surface area contributed by atoms with E-state index in [2.05, 4.69) is 10.1 Å². The minimum Gasteiger partial charge on any atom is -0.455 e. The van der Waals surface area contributed by atoms with Gasteiger partial charge in [-0.3, -0.25) is 0 Å². The van der Waals surface area contributed by atoms with Gasteiger partial charge >= 0.3 is 12.1 Å². The molecule has 1 aromatic heterocycles. The Bertz CT molecular complexity index is 892. The molecule has 7 heteroatoms. The van der Waals surface area contributed by atoms with Gasteiger partial charge in [-0.15, -0.1) is 9.78 Å². The Morgan fingerprint density at radius 1 is 0.885 bits per heavy atom. The number of esters is 1. The fourth-order valence-electron chi connectivity index (χ4n) is 2.22. The lowest BCUT2D eigenvalue weighted by molar-refractivity contribution is 0.0458. The van der Waals surface area contributed by atoms with Crippen LogP contribution in [-0.2, 0) is 22.7 Å². The lowest BCUT2D eigenvalue weighted by Gasteiger charge is -2.04. The molecule has 2 aromatic carbocycles. The van der Waals surface area contributed by atoms with Crippen LogP contribution < -0.4 is 0 Å². The highest BCUT2D eigenvalue weighted by molar-refractivity contribution is 5.85. The third-order valence-electron chi connectivity index (χ3n) is 3.54. The lowest BCUT2D eigenvalue weighted by atomic mass is 10.2. The average Bonchev–Trinajstić information content (AvgIpc) is 3.08. The number of rotatable bonds is 5. The predicted octanol–water partition coefficient (Wildman–Crippen LogP) is 3.13. The predicted molar refractivity (Wildman–Crippen MR) is 92.3 cm³/mol. The molecule has 0 N–H and O–H groups in total. The number of aryl methyl sites for hydroxylation is 1. The Kier molecular flexibility index (Phi) is 5.38. The van der Waals surface area contributed by atoms with Crippen LogP contribution in [0, 0.1) is 6.92 Å². The fraction of sp³-hybridized carbons (Fsp3) is 0.158. The molecule has 0 aliphatic heterocycles. The van der Waals surface area contributed by atoms with Gasteiger partial charge in [0.15, 0.2) is 0 Å². The van der Waals surface area contributed by atoms with Crippen LogP contribution >= 0.6 is 0 Å². The molecule has 132 valence electrons. The summed E-state index contributed by atoms with van der Waals surface area (Å²) in [5.41, 5.74) is 1.69. The Morgan fingerprint density at radius 3 is 2.00 bits per heavy atom. The SMILES string of the molecule is Cc1nc(C(=O)OCc2ccccc2)nn1C(=O)OCc1ccccc1. The summed E-state index contributed by atoms with van der Waals surface area (Å²) < 4.78 is 11.3. The van der Waals surface area contributed by atoms with Crippen molar-refractivity contribution in [2.75, 3.05) is 0 Å². The van der Waals surface area contributed by atoms with Gasteiger partial charge in [-0.25, -0.2) is 14.6 Å². The van der Waals surface area contributed by atoms with Crippen molar-refractivity contribution >= 4 is 12.1 Å². The van der Waals surface area contributed by atoms with Gasteiger partial charge in [0.25, 0.3) is 5.82 Å². The summed E-state index contributed by atoms with van der Waals surface area (Å²) in [6.45, 7) is 1.77. The number of nitrogens with zero attached hydrogens (tertiary/aromatic N) is 3. The average molecular weight is 351 g/mol. The molecular weight excluding hydrogens is 334 g/mol. The summed E-state index contributed by atoms with van der Waals surface area (Å²) in [6, 6.07) is 18.5. The highest BCUT2D eigenvalue weighted by Gasteiger charge is 2.20. The first-order chi connectivity index (χ1) is 12.6. The van der Waals surface area contributed by atoms with E-state index in [0.29, 0.717) is 0 Å². The van der Waals surface area contributed by atoms with Crippen molar-refractivity contribution in [3.8, 4) is 0 Å². The zero-order valence-electron chi connectivity index (χ0n) is 14.2. The molecule has 0 bridgehead atoms. The molecule has 0 spiro atoms. The van der Waals surface area contributed by atoms with Crippen LogP contribution in [0.2, 0.25) is 0 Å². The van der Waals surface area contributed by atoms with Gasteiger partial charge in [0, 0.05) is 0 Å². The summed E-state index contributed by atoms with van der Waals surface area (Å²) in [6.07, 6.45) is -0.707. The molecule has 0 saturated carbocycles. The summed E-state index contributed by atoms with van der Waals surface area (Å²) in [4.78, 5) is 28.2. The maximum atomic E-state index is 12.1. The van der Waals surface area contributed by atoms with Gasteiger partial charge in [0.05, 0.1) is 0 Å². The molecule has 7 nitrogen and oxygen atoms in total. The number of hydrogen-bond donors (Lipinski definition) is 0. The van der Waals surface area contributed by atoms with Crippen molar-refractivity contribution in [3.05, 3.63) is 83.4 Å². The Hall–Kier alpha value is -3.48. The van der Waals surface area contributed by atoms with E-state index in [0.717, 1.165) is 15.8 Å². The number of carbonyl (C=O) groups is 2. The van der Waals surface area contributed by atoms with Crippen LogP contribution in [0.15, 0.2) is 60.7 Å². The molecule has 0 aliphatic carbocycles. The molecule has 1 heterocycles.